The maximum absolute atomic E-state index is 13.9. The molecule has 0 spiro atoms. The van der Waals surface area contributed by atoms with Crippen LogP contribution in [0.25, 0.3) is 11.1 Å². The second kappa shape index (κ2) is 8.89. The fourth-order valence-corrected chi connectivity index (χ4v) is 3.81. The molecule has 0 bridgehead atoms. The Balaban J connectivity index is 1.35. The largest absolute Gasteiger partial charge is 0.478 e. The van der Waals surface area contributed by atoms with Gasteiger partial charge in [0.25, 0.3) is 0 Å². The molecule has 3 N–H and O–H groups in total. The van der Waals surface area contributed by atoms with Crippen molar-refractivity contribution < 1.29 is 28.6 Å². The summed E-state index contributed by atoms with van der Waals surface area (Å²) >= 11 is 0. The standard InChI is InChI=1S/C24H19FN2O5/c25-20-11-5-10-18(23(29)30)22(20)27-21(28)12-26-24(31)32-13-19-16-8-3-1-6-14(16)15-7-2-4-9-17(15)19/h1-11,19H,12-13H2,(H,26,31)(H,27,28)(H,29,30). The van der Waals surface area contributed by atoms with Gasteiger partial charge >= 0.3 is 12.1 Å². The summed E-state index contributed by atoms with van der Waals surface area (Å²) in [4.78, 5) is 35.4. The van der Waals surface area contributed by atoms with Gasteiger partial charge in [-0.25, -0.2) is 14.0 Å². The molecule has 8 heteroatoms. The minimum Gasteiger partial charge on any atom is -0.478 e. The number of carboxylic acid groups (broad SMARTS) is 1. The zero-order valence-electron chi connectivity index (χ0n) is 16.8. The average molecular weight is 434 g/mol. The fourth-order valence-electron chi connectivity index (χ4n) is 3.81. The monoisotopic (exact) mass is 434 g/mol. The number of rotatable bonds is 6. The second-order valence-corrected chi connectivity index (χ2v) is 7.19. The Morgan fingerprint density at radius 1 is 0.906 bits per heavy atom. The third-order valence-electron chi connectivity index (χ3n) is 5.25. The highest BCUT2D eigenvalue weighted by Gasteiger charge is 2.29. The zero-order valence-corrected chi connectivity index (χ0v) is 16.8. The molecule has 7 nitrogen and oxygen atoms in total. The van der Waals surface area contributed by atoms with E-state index in [0.717, 1.165) is 28.3 Å². The van der Waals surface area contributed by atoms with Crippen LogP contribution in [0.5, 0.6) is 0 Å². The summed E-state index contributed by atoms with van der Waals surface area (Å²) in [6.45, 7) is -0.429. The van der Waals surface area contributed by atoms with Gasteiger partial charge in [0, 0.05) is 5.92 Å². The zero-order chi connectivity index (χ0) is 22.7. The summed E-state index contributed by atoms with van der Waals surface area (Å²) in [7, 11) is 0. The number of hydrogen-bond donors (Lipinski definition) is 3. The summed E-state index contributed by atoms with van der Waals surface area (Å²) in [5.74, 6) is -3.19. The Kier molecular flexibility index (Phi) is 5.85. The van der Waals surface area contributed by atoms with Crippen LogP contribution in [-0.4, -0.2) is 36.2 Å². The van der Waals surface area contributed by atoms with E-state index >= 15 is 0 Å². The van der Waals surface area contributed by atoms with Gasteiger partial charge in [-0.3, -0.25) is 4.79 Å². The van der Waals surface area contributed by atoms with E-state index in [1.165, 1.54) is 12.1 Å². The van der Waals surface area contributed by atoms with Gasteiger partial charge in [0.1, 0.15) is 19.0 Å². The number of benzene rings is 3. The van der Waals surface area contributed by atoms with Gasteiger partial charge in [0.05, 0.1) is 11.3 Å². The molecular weight excluding hydrogens is 415 g/mol. The molecule has 0 aromatic heterocycles. The van der Waals surface area contributed by atoms with Crippen LogP contribution in [0.4, 0.5) is 14.9 Å². The topological polar surface area (TPSA) is 105 Å². The lowest BCUT2D eigenvalue weighted by Gasteiger charge is -2.15. The van der Waals surface area contributed by atoms with Crippen molar-refractivity contribution in [3.8, 4) is 11.1 Å². The highest BCUT2D eigenvalue weighted by molar-refractivity contribution is 6.01. The van der Waals surface area contributed by atoms with Crippen LogP contribution < -0.4 is 10.6 Å². The molecule has 0 aliphatic heterocycles. The Bertz CT molecular complexity index is 1160. The number of ether oxygens (including phenoxy) is 1. The van der Waals surface area contributed by atoms with Gasteiger partial charge in [-0.05, 0) is 34.4 Å². The number of halogens is 1. The molecule has 1 aliphatic rings. The second-order valence-electron chi connectivity index (χ2n) is 7.19. The molecule has 32 heavy (non-hydrogen) atoms. The predicted molar refractivity (Wildman–Crippen MR) is 115 cm³/mol. The molecule has 3 aromatic rings. The predicted octanol–water partition coefficient (Wildman–Crippen LogP) is 4.00. The van der Waals surface area contributed by atoms with E-state index < -0.39 is 36.0 Å². The van der Waals surface area contributed by atoms with Gasteiger partial charge in [-0.15, -0.1) is 0 Å². The van der Waals surface area contributed by atoms with E-state index in [4.69, 9.17) is 9.84 Å². The van der Waals surface area contributed by atoms with Crippen LogP contribution >= 0.6 is 0 Å². The number of fused-ring (bicyclic) bond motifs is 3. The molecule has 0 unspecified atom stereocenters. The number of nitrogens with one attached hydrogen (secondary N) is 2. The first kappa shape index (κ1) is 21.0. The van der Waals surface area contributed by atoms with Crippen molar-refractivity contribution in [2.45, 2.75) is 5.92 Å². The number of alkyl carbamates (subject to hydrolysis) is 1. The average Bonchev–Trinajstić information content (AvgIpc) is 3.11. The minimum absolute atomic E-state index is 0.0813. The van der Waals surface area contributed by atoms with Crippen molar-refractivity contribution in [1.82, 2.24) is 5.32 Å². The first-order valence-electron chi connectivity index (χ1n) is 9.86. The van der Waals surface area contributed by atoms with Gasteiger partial charge in [-0.2, -0.15) is 0 Å². The maximum Gasteiger partial charge on any atom is 0.407 e. The van der Waals surface area contributed by atoms with Gasteiger partial charge < -0.3 is 20.5 Å². The van der Waals surface area contributed by atoms with Crippen molar-refractivity contribution in [2.24, 2.45) is 0 Å². The number of amides is 2. The van der Waals surface area contributed by atoms with Crippen molar-refractivity contribution in [3.05, 3.63) is 89.2 Å². The van der Waals surface area contributed by atoms with Crippen molar-refractivity contribution in [1.29, 1.82) is 0 Å². The summed E-state index contributed by atoms with van der Waals surface area (Å²) in [5.41, 5.74) is 3.45. The molecule has 3 aromatic carbocycles. The molecule has 4 rings (SSSR count). The third kappa shape index (κ3) is 4.15. The van der Waals surface area contributed by atoms with E-state index in [1.807, 2.05) is 48.5 Å². The molecule has 0 heterocycles. The van der Waals surface area contributed by atoms with Crippen LogP contribution in [0.1, 0.15) is 27.4 Å². The molecular formula is C24H19FN2O5. The van der Waals surface area contributed by atoms with Crippen LogP contribution in [0.15, 0.2) is 66.7 Å². The van der Waals surface area contributed by atoms with E-state index in [1.54, 1.807) is 0 Å². The molecule has 1 aliphatic carbocycles. The summed E-state index contributed by atoms with van der Waals surface area (Å²) in [6, 6.07) is 19.2. The van der Waals surface area contributed by atoms with Crippen molar-refractivity contribution >= 4 is 23.7 Å². The number of para-hydroxylation sites is 1. The molecule has 0 atom stereocenters. The molecule has 162 valence electrons. The fraction of sp³-hybridized carbons (Fsp3) is 0.125. The van der Waals surface area contributed by atoms with Crippen LogP contribution in [0.3, 0.4) is 0 Å². The third-order valence-corrected chi connectivity index (χ3v) is 5.25. The Morgan fingerprint density at radius 2 is 1.53 bits per heavy atom. The van der Waals surface area contributed by atoms with E-state index in [9.17, 15) is 18.8 Å². The number of carboxylic acids is 1. The molecule has 0 radical (unpaired) electrons. The first-order chi connectivity index (χ1) is 15.5. The lowest BCUT2D eigenvalue weighted by molar-refractivity contribution is -0.115. The van der Waals surface area contributed by atoms with Crippen LogP contribution in [0.2, 0.25) is 0 Å². The van der Waals surface area contributed by atoms with Crippen molar-refractivity contribution in [2.75, 3.05) is 18.5 Å². The van der Waals surface area contributed by atoms with Crippen LogP contribution in [0, 0.1) is 5.82 Å². The van der Waals surface area contributed by atoms with Gasteiger partial charge in [0.2, 0.25) is 5.91 Å². The number of carbonyl (C=O) groups excluding carboxylic acids is 2. The quantitative estimate of drug-likeness (QED) is 0.544. The summed E-state index contributed by atoms with van der Waals surface area (Å²) in [6.07, 6.45) is -0.811. The Morgan fingerprint density at radius 3 is 2.16 bits per heavy atom. The van der Waals surface area contributed by atoms with Crippen LogP contribution in [-0.2, 0) is 9.53 Å². The number of hydrogen-bond acceptors (Lipinski definition) is 4. The number of carbonyl (C=O) groups is 3. The smallest absolute Gasteiger partial charge is 0.407 e. The first-order valence-corrected chi connectivity index (χ1v) is 9.86. The highest BCUT2D eigenvalue weighted by Crippen LogP contribution is 2.44. The minimum atomic E-state index is -1.38. The SMILES string of the molecule is O=C(CNC(=O)OCC1c2ccccc2-c2ccccc21)Nc1c(F)cccc1C(=O)O. The number of anilines is 1. The van der Waals surface area contributed by atoms with Gasteiger partial charge in [-0.1, -0.05) is 54.6 Å². The lowest BCUT2D eigenvalue weighted by Crippen LogP contribution is -2.34. The van der Waals surface area contributed by atoms with E-state index in [0.29, 0.717) is 0 Å². The highest BCUT2D eigenvalue weighted by atomic mass is 19.1. The van der Waals surface area contributed by atoms with Crippen molar-refractivity contribution in [3.63, 3.8) is 0 Å². The normalized spacial score (nSPS) is 11.9. The van der Waals surface area contributed by atoms with E-state index in [2.05, 4.69) is 10.6 Å². The summed E-state index contributed by atoms with van der Waals surface area (Å²) < 4.78 is 19.2. The van der Waals surface area contributed by atoms with E-state index in [-0.39, 0.29) is 18.1 Å². The Hall–Kier alpha value is -4.20. The maximum atomic E-state index is 13.9. The Labute approximate surface area is 182 Å². The lowest BCUT2D eigenvalue weighted by atomic mass is 9.98. The summed E-state index contributed by atoms with van der Waals surface area (Å²) in [5, 5.41) is 13.6. The number of aromatic carboxylic acids is 1. The van der Waals surface area contributed by atoms with Gasteiger partial charge in [0.15, 0.2) is 0 Å². The molecule has 0 saturated heterocycles. The molecule has 2 amide bonds. The molecule has 0 fully saturated rings. The molecule has 0 saturated carbocycles.